The number of aliphatic hydroxyl groups excluding tert-OH is 27. The van der Waals surface area contributed by atoms with Crippen molar-refractivity contribution in [3.05, 3.63) is 0 Å². The number of aliphatic hydroxyl groups is 27. The lowest BCUT2D eigenvalue weighted by Gasteiger charge is -2.52. The second-order valence-corrected chi connectivity index (χ2v) is 31.7. The first-order valence-corrected chi connectivity index (χ1v) is 40.1. The fraction of sp³-hybridized carbons (Fsp3) is 0.929. The van der Waals surface area contributed by atoms with Crippen LogP contribution in [-0.4, -0.2) is 540 Å². The molecule has 10 aliphatic heterocycles. The van der Waals surface area contributed by atoms with Gasteiger partial charge in [0, 0.05) is 34.6 Å². The van der Waals surface area contributed by atoms with Crippen LogP contribution in [0.2, 0.25) is 0 Å². The molecule has 0 bridgehead atoms. The van der Waals surface area contributed by atoms with Gasteiger partial charge in [-0.2, -0.15) is 0 Å². The van der Waals surface area contributed by atoms with E-state index in [-0.39, 0.29) is 0 Å². The monoisotopic (exact) mass is 1840 g/mol. The number of amides is 5. The van der Waals surface area contributed by atoms with Crippen LogP contribution < -0.4 is 26.6 Å². The molecule has 0 aliphatic carbocycles. The molecule has 5 amide bonds. The van der Waals surface area contributed by atoms with Crippen molar-refractivity contribution >= 4 is 29.5 Å². The topological polar surface area (TPSA) is 867 Å². The quantitative estimate of drug-likeness (QED) is 0.0290. The molecule has 728 valence electrons. The zero-order valence-electron chi connectivity index (χ0n) is 67.8. The molecule has 0 spiro atoms. The average molecular weight is 1840 g/mol. The Morgan fingerprint density at radius 3 is 0.786 bits per heavy atom. The van der Waals surface area contributed by atoms with Gasteiger partial charge in [-0.3, -0.25) is 24.0 Å². The van der Waals surface area contributed by atoms with Gasteiger partial charge in [0.1, 0.15) is 244 Å². The van der Waals surface area contributed by atoms with Gasteiger partial charge in [-0.05, 0) is 0 Å². The first kappa shape index (κ1) is 104. The fourth-order valence-corrected chi connectivity index (χ4v) is 16.3. The summed E-state index contributed by atoms with van der Waals surface area (Å²) < 4.78 is 116. The Bertz CT molecular complexity index is 3440. The molecule has 126 heavy (non-hydrogen) atoms. The highest BCUT2D eigenvalue weighted by molar-refractivity contribution is 5.75. The summed E-state index contributed by atoms with van der Waals surface area (Å²) in [6.45, 7) is -7.11. The van der Waals surface area contributed by atoms with Gasteiger partial charge in [0.05, 0.1) is 66.1 Å². The largest absolute Gasteiger partial charge is 0.394 e. The van der Waals surface area contributed by atoms with Crippen LogP contribution in [0.4, 0.5) is 0 Å². The summed E-state index contributed by atoms with van der Waals surface area (Å²) in [5.41, 5.74) is 0. The molecule has 0 radical (unpaired) electrons. The van der Waals surface area contributed by atoms with Gasteiger partial charge < -0.3 is 254 Å². The molecule has 0 aromatic heterocycles. The number of rotatable bonds is 33. The average Bonchev–Trinajstić information content (AvgIpc) is 0.761. The number of carbonyl (C=O) groups excluding carboxylic acids is 5. The van der Waals surface area contributed by atoms with Crippen molar-refractivity contribution in [3.63, 3.8) is 0 Å². The third-order valence-electron chi connectivity index (χ3n) is 22.9. The van der Waals surface area contributed by atoms with E-state index in [0.717, 1.165) is 34.6 Å². The molecule has 10 heterocycles. The molecule has 32 N–H and O–H groups in total. The highest BCUT2D eigenvalue weighted by atomic mass is 16.8. The molecule has 56 nitrogen and oxygen atoms in total. The van der Waals surface area contributed by atoms with E-state index in [0.29, 0.717) is 0 Å². The summed E-state index contributed by atoms with van der Waals surface area (Å²) in [5.74, 6) is -4.84. The van der Waals surface area contributed by atoms with Crippen LogP contribution in [0.3, 0.4) is 0 Å². The summed E-state index contributed by atoms with van der Waals surface area (Å²) >= 11 is 0. The predicted octanol–water partition coefficient (Wildman–Crippen LogP) is -22.1. The van der Waals surface area contributed by atoms with E-state index in [1.165, 1.54) is 0 Å². The van der Waals surface area contributed by atoms with E-state index in [1.54, 1.807) is 0 Å². The molecule has 50 atom stereocenters. The molecular weight excluding hydrogens is 1730 g/mol. The Balaban J connectivity index is 1.08. The van der Waals surface area contributed by atoms with Crippen molar-refractivity contribution in [2.45, 2.75) is 341 Å². The number of carbonyl (C=O) groups is 5. The van der Waals surface area contributed by atoms with Crippen LogP contribution in [0.1, 0.15) is 34.6 Å². The molecule has 10 aliphatic rings. The van der Waals surface area contributed by atoms with Gasteiger partial charge in [0.2, 0.25) is 29.5 Å². The van der Waals surface area contributed by atoms with Crippen LogP contribution in [0.5, 0.6) is 0 Å². The first-order chi connectivity index (χ1) is 59.6. The molecule has 0 unspecified atom stereocenters. The summed E-state index contributed by atoms with van der Waals surface area (Å²) in [4.78, 5) is 65.0. The Labute approximate surface area is 713 Å². The Kier molecular flexibility index (Phi) is 37.4. The molecule has 0 saturated carbocycles. The molecule has 10 fully saturated rings. The molecule has 10 saturated heterocycles. The van der Waals surface area contributed by atoms with Crippen LogP contribution in [0.25, 0.3) is 0 Å². The van der Waals surface area contributed by atoms with Gasteiger partial charge >= 0.3 is 0 Å². The van der Waals surface area contributed by atoms with E-state index in [4.69, 9.17) is 90.0 Å². The summed E-state index contributed by atoms with van der Waals surface area (Å²) in [7, 11) is 0. The van der Waals surface area contributed by atoms with E-state index in [1.807, 2.05) is 0 Å². The number of ether oxygens (including phenoxy) is 19. The highest BCUT2D eigenvalue weighted by Gasteiger charge is 2.63. The summed E-state index contributed by atoms with van der Waals surface area (Å²) in [6, 6.07) is -9.82. The Hall–Kier alpha value is -4.49. The lowest BCUT2D eigenvalue weighted by Crippen LogP contribution is -2.71. The standard InChI is InChI=1S/C70H117N5O51/c1-16(85)71-31-42(96)53(26(11-81)109-61(31)107)119-63-33(73-18(3)87)43(97)56(29(14-84)115-63)122-68-52(106)58(124-70-60(49(103)40(94)25(10-80)114-70)126-65-35(75-20(5)89)45(99)55(28(13-83)117-65)121-67-51(105)47(101)38(92)23(8-78)112-67)57(123-62-32(72-17(2)86)41(95)36(90)21(6-76)110-62)30(118-68)15-108-69-59(48(102)39(93)24(9-79)113-69)125-64-34(74-19(4)88)44(98)54(27(12-82)116-64)120-66-50(104)46(100)37(91)22(7-77)111-66/h21-70,76-84,90-107H,6-15H2,1-5H3,(H,71,85)(H,72,86)(H,73,87)(H,74,88)(H,75,89)/t21-,22-,23-,24-,25-,26-,27-,28-,29-,30-,31-,32-,33-,34-,35-,36-,37+,38+,39-,40-,41-,42-,43-,44-,45-,46+,47+,48+,49+,50-,51-,52+,53-,54-,55-,56-,57-,58-,59+,60+,61-,62+,63+,64+,65+,66+,67+,68+,69+,70-/m1/s1. The molecular formula is C70H117N5O51. The van der Waals surface area contributed by atoms with E-state index in [2.05, 4.69) is 26.6 Å². The van der Waals surface area contributed by atoms with Gasteiger partial charge in [0.25, 0.3) is 0 Å². The lowest BCUT2D eigenvalue weighted by atomic mass is 9.93. The van der Waals surface area contributed by atoms with Gasteiger partial charge in [-0.25, -0.2) is 0 Å². The summed E-state index contributed by atoms with van der Waals surface area (Å²) in [5, 5.41) is 315. The minimum atomic E-state index is -2.78. The van der Waals surface area contributed by atoms with Crippen molar-refractivity contribution in [2.24, 2.45) is 0 Å². The molecule has 56 heteroatoms. The molecule has 0 aromatic rings. The second-order valence-electron chi connectivity index (χ2n) is 31.7. The maximum Gasteiger partial charge on any atom is 0.217 e. The van der Waals surface area contributed by atoms with Crippen molar-refractivity contribution < 1.29 is 252 Å². The van der Waals surface area contributed by atoms with Crippen molar-refractivity contribution in [1.82, 2.24) is 26.6 Å². The third kappa shape index (κ3) is 22.9. The van der Waals surface area contributed by atoms with Gasteiger partial charge in [0.15, 0.2) is 62.9 Å². The van der Waals surface area contributed by atoms with Crippen molar-refractivity contribution in [3.8, 4) is 0 Å². The van der Waals surface area contributed by atoms with Crippen LogP contribution in [-0.2, 0) is 114 Å². The van der Waals surface area contributed by atoms with Crippen molar-refractivity contribution in [1.29, 1.82) is 0 Å². The second kappa shape index (κ2) is 45.5. The fourth-order valence-electron chi connectivity index (χ4n) is 16.3. The highest BCUT2D eigenvalue weighted by Crippen LogP contribution is 2.42. The lowest BCUT2D eigenvalue weighted by molar-refractivity contribution is -0.409. The number of nitrogens with one attached hydrogen (secondary N) is 5. The Morgan fingerprint density at radius 2 is 0.437 bits per heavy atom. The normalized spacial score (nSPS) is 48.4. The zero-order chi connectivity index (χ0) is 92.8. The van der Waals surface area contributed by atoms with Crippen LogP contribution >= 0.6 is 0 Å². The first-order valence-electron chi connectivity index (χ1n) is 40.1. The van der Waals surface area contributed by atoms with E-state index in [9.17, 15) is 162 Å². The Morgan fingerprint density at radius 1 is 0.206 bits per heavy atom. The summed E-state index contributed by atoms with van der Waals surface area (Å²) in [6.07, 6.45) is -97.9. The predicted molar refractivity (Wildman–Crippen MR) is 388 cm³/mol. The van der Waals surface area contributed by atoms with Gasteiger partial charge in [-0.15, -0.1) is 0 Å². The molecule has 0 aromatic carbocycles. The molecule has 10 rings (SSSR count). The number of hydrogen-bond acceptors (Lipinski definition) is 51. The van der Waals surface area contributed by atoms with Crippen LogP contribution in [0, 0.1) is 0 Å². The number of hydrogen-bond donors (Lipinski definition) is 32. The minimum Gasteiger partial charge on any atom is -0.394 e. The third-order valence-corrected chi connectivity index (χ3v) is 22.9. The maximum absolute atomic E-state index is 13.4. The maximum atomic E-state index is 13.4. The zero-order valence-corrected chi connectivity index (χ0v) is 67.8. The van der Waals surface area contributed by atoms with E-state index >= 15 is 0 Å². The smallest absolute Gasteiger partial charge is 0.217 e. The minimum absolute atomic E-state index is 0.824. The SMILES string of the molecule is CC(=O)N[C@@H]1[C@@H](O)[C@H](O[C@@H]2O[C@H](CO)[C@@H](O[C@@H]3O[C@H](CO[C@H]4O[C@H](CO)[C@@H](O)[C@H](O)[C@@H]4O[C@@H]4O[C@H](CO)[C@@H](O[C@@H]5O[C@H](CO)[C@H](O)[C@H](O)[C@H]5O)[C@H](O)[C@H]4NC(C)=O)[C@@H](O[C@@H]4O[C@H](CO)[C@@H](O)[C@H](O)[C@H]4NC(C)=O)[C@H](O[C@H]4O[C@H](CO)[C@@H](O)[C@H](O)[C@@H]4O[C@@H]4O[C@H](CO)[C@@H](O[C@@H]5O[C@H](CO)[C@H](O)[C@H](O)[C@H]5O)[C@H](O)[C@H]4NC(C)=O)[C@@H]3O)[C@H](O)[C@H]2NC(C)=O)[C@@H](CO)O[C@H]1O. The van der Waals surface area contributed by atoms with Crippen molar-refractivity contribution in [2.75, 3.05) is 66.1 Å². The van der Waals surface area contributed by atoms with Gasteiger partial charge in [-0.1, -0.05) is 0 Å². The van der Waals surface area contributed by atoms with E-state index < -0.39 is 402 Å². The van der Waals surface area contributed by atoms with Crippen LogP contribution in [0.15, 0.2) is 0 Å².